The van der Waals surface area contributed by atoms with Gasteiger partial charge in [0.25, 0.3) is 0 Å². The Morgan fingerprint density at radius 3 is 2.61 bits per heavy atom. The minimum atomic E-state index is -0.350. The Bertz CT molecular complexity index is 945. The maximum atomic E-state index is 13.0. The summed E-state index contributed by atoms with van der Waals surface area (Å²) in [5.41, 5.74) is 1.90. The molecule has 6 nitrogen and oxygen atoms in total. The molecule has 2 aromatic carbocycles. The number of anilines is 1. The van der Waals surface area contributed by atoms with Gasteiger partial charge in [-0.3, -0.25) is 14.5 Å². The van der Waals surface area contributed by atoms with Crippen LogP contribution in [0.5, 0.6) is 5.75 Å². The van der Waals surface area contributed by atoms with Crippen molar-refractivity contribution < 1.29 is 14.3 Å². The Hall–Kier alpha value is -2.38. The van der Waals surface area contributed by atoms with Crippen LogP contribution in [0.1, 0.15) is 30.9 Å². The molecule has 2 heterocycles. The molecule has 2 atom stereocenters. The van der Waals surface area contributed by atoms with Crippen LogP contribution < -0.4 is 15.0 Å². The molecule has 0 aromatic heterocycles. The van der Waals surface area contributed by atoms with E-state index in [1.165, 1.54) is 0 Å². The molecular formula is C24H28BrN3O3. The Morgan fingerprint density at radius 2 is 1.87 bits per heavy atom. The maximum Gasteiger partial charge on any atom is 0.227 e. The van der Waals surface area contributed by atoms with Crippen molar-refractivity contribution in [2.75, 3.05) is 38.2 Å². The number of nitrogens with one attached hydrogen (secondary N) is 1. The number of rotatable bonds is 7. The maximum absolute atomic E-state index is 13.0. The molecule has 2 amide bonds. The van der Waals surface area contributed by atoms with Crippen LogP contribution in [0.25, 0.3) is 0 Å². The monoisotopic (exact) mass is 485 g/mol. The lowest BCUT2D eigenvalue weighted by Crippen LogP contribution is -2.40. The van der Waals surface area contributed by atoms with E-state index in [1.807, 2.05) is 42.5 Å². The van der Waals surface area contributed by atoms with E-state index in [9.17, 15) is 9.59 Å². The number of carbonyl (C=O) groups excluding carboxylic acids is 2. The average molecular weight is 486 g/mol. The molecule has 2 aliphatic rings. The summed E-state index contributed by atoms with van der Waals surface area (Å²) >= 11 is 3.51. The summed E-state index contributed by atoms with van der Waals surface area (Å²) in [7, 11) is 1.68. The van der Waals surface area contributed by atoms with Crippen molar-refractivity contribution in [1.29, 1.82) is 0 Å². The Morgan fingerprint density at radius 1 is 1.16 bits per heavy atom. The zero-order valence-corrected chi connectivity index (χ0v) is 19.3. The number of carbonyl (C=O) groups is 2. The lowest BCUT2D eigenvalue weighted by molar-refractivity contribution is -0.126. The first-order valence-electron chi connectivity index (χ1n) is 10.8. The number of halogens is 1. The van der Waals surface area contributed by atoms with Gasteiger partial charge in [-0.1, -0.05) is 30.3 Å². The molecule has 0 saturated carbocycles. The van der Waals surface area contributed by atoms with E-state index in [2.05, 4.69) is 32.2 Å². The van der Waals surface area contributed by atoms with Gasteiger partial charge in [-0.25, -0.2) is 0 Å². The zero-order valence-electron chi connectivity index (χ0n) is 17.7. The fourth-order valence-electron chi connectivity index (χ4n) is 4.56. The van der Waals surface area contributed by atoms with Crippen molar-refractivity contribution in [1.82, 2.24) is 10.2 Å². The lowest BCUT2D eigenvalue weighted by Gasteiger charge is -2.29. The predicted molar refractivity (Wildman–Crippen MR) is 124 cm³/mol. The van der Waals surface area contributed by atoms with Gasteiger partial charge in [0, 0.05) is 29.5 Å². The second-order valence-corrected chi connectivity index (χ2v) is 8.96. The lowest BCUT2D eigenvalue weighted by atomic mass is 10.0. The summed E-state index contributed by atoms with van der Waals surface area (Å²) in [5, 5.41) is 3.13. The van der Waals surface area contributed by atoms with Gasteiger partial charge >= 0.3 is 0 Å². The minimum absolute atomic E-state index is 0.0205. The first-order valence-corrected chi connectivity index (χ1v) is 11.6. The summed E-state index contributed by atoms with van der Waals surface area (Å²) in [4.78, 5) is 29.7. The summed E-state index contributed by atoms with van der Waals surface area (Å²) in [6.45, 7) is 2.92. The highest BCUT2D eigenvalue weighted by Crippen LogP contribution is 2.33. The number of nitrogens with zero attached hydrogens (tertiary/aromatic N) is 2. The van der Waals surface area contributed by atoms with Crippen molar-refractivity contribution in [2.24, 2.45) is 5.92 Å². The van der Waals surface area contributed by atoms with Crippen molar-refractivity contribution >= 4 is 33.4 Å². The van der Waals surface area contributed by atoms with Crippen LogP contribution >= 0.6 is 15.9 Å². The SMILES string of the molecule is COc1ccccc1C(CNC(=O)C1CC(=O)N(c2ccccc2Br)C1)N1CCCC1. The van der Waals surface area contributed by atoms with Crippen LogP contribution in [0, 0.1) is 5.92 Å². The van der Waals surface area contributed by atoms with E-state index in [-0.39, 0.29) is 30.2 Å². The Labute approximate surface area is 191 Å². The molecule has 2 fully saturated rings. The van der Waals surface area contributed by atoms with Gasteiger partial charge in [0.15, 0.2) is 0 Å². The summed E-state index contributed by atoms with van der Waals surface area (Å²) in [5.74, 6) is 0.399. The van der Waals surface area contributed by atoms with E-state index < -0.39 is 0 Å². The molecule has 2 unspecified atom stereocenters. The van der Waals surface area contributed by atoms with Crippen LogP contribution in [-0.4, -0.2) is 50.0 Å². The van der Waals surface area contributed by atoms with Gasteiger partial charge in [0.2, 0.25) is 11.8 Å². The van der Waals surface area contributed by atoms with Crippen LogP contribution in [0.15, 0.2) is 53.0 Å². The number of methoxy groups -OCH3 is 1. The van der Waals surface area contributed by atoms with Crippen molar-refractivity contribution in [3.8, 4) is 5.75 Å². The standard InChI is InChI=1S/C24H28BrN3O3/c1-31-22-11-5-2-8-18(22)21(27-12-6-7-13-27)15-26-24(30)17-14-23(29)28(16-17)20-10-4-3-9-19(20)25/h2-5,8-11,17,21H,6-7,12-16H2,1H3,(H,26,30). The van der Waals surface area contributed by atoms with Gasteiger partial charge in [0.1, 0.15) is 5.75 Å². The third-order valence-electron chi connectivity index (χ3n) is 6.19. The second kappa shape index (κ2) is 9.83. The molecule has 4 rings (SSSR count). The van der Waals surface area contributed by atoms with Gasteiger partial charge in [0.05, 0.1) is 24.8 Å². The van der Waals surface area contributed by atoms with Crippen LogP contribution in [0.4, 0.5) is 5.69 Å². The number of amides is 2. The number of likely N-dealkylation sites (tertiary alicyclic amines) is 1. The predicted octanol–water partition coefficient (Wildman–Crippen LogP) is 3.76. The molecule has 1 N–H and O–H groups in total. The molecule has 0 spiro atoms. The van der Waals surface area contributed by atoms with E-state index in [0.29, 0.717) is 13.1 Å². The molecule has 0 bridgehead atoms. The van der Waals surface area contributed by atoms with E-state index in [0.717, 1.165) is 47.4 Å². The molecular weight excluding hydrogens is 458 g/mol. The molecule has 2 saturated heterocycles. The number of benzene rings is 2. The second-order valence-electron chi connectivity index (χ2n) is 8.10. The molecule has 2 aliphatic heterocycles. The Kier molecular flexibility index (Phi) is 6.92. The highest BCUT2D eigenvalue weighted by atomic mass is 79.9. The fourth-order valence-corrected chi connectivity index (χ4v) is 5.06. The average Bonchev–Trinajstić information content (AvgIpc) is 3.45. The number of hydrogen-bond donors (Lipinski definition) is 1. The van der Waals surface area contributed by atoms with Gasteiger partial charge < -0.3 is 15.0 Å². The molecule has 31 heavy (non-hydrogen) atoms. The molecule has 7 heteroatoms. The summed E-state index contributed by atoms with van der Waals surface area (Å²) < 4.78 is 6.44. The summed E-state index contributed by atoms with van der Waals surface area (Å²) in [6, 6.07) is 15.7. The first-order chi connectivity index (χ1) is 15.1. The van der Waals surface area contributed by atoms with Crippen LogP contribution in [0.3, 0.4) is 0 Å². The van der Waals surface area contributed by atoms with Crippen molar-refractivity contribution in [3.05, 3.63) is 58.6 Å². The highest BCUT2D eigenvalue weighted by Gasteiger charge is 2.36. The highest BCUT2D eigenvalue weighted by molar-refractivity contribution is 9.10. The van der Waals surface area contributed by atoms with Gasteiger partial charge in [-0.05, 0) is 60.1 Å². The third kappa shape index (κ3) is 4.77. The fraction of sp³-hybridized carbons (Fsp3) is 0.417. The molecule has 0 radical (unpaired) electrons. The minimum Gasteiger partial charge on any atom is -0.496 e. The summed E-state index contributed by atoms with van der Waals surface area (Å²) in [6.07, 6.45) is 2.56. The van der Waals surface area contributed by atoms with Gasteiger partial charge in [-0.15, -0.1) is 0 Å². The third-order valence-corrected chi connectivity index (χ3v) is 6.86. The quantitative estimate of drug-likeness (QED) is 0.648. The molecule has 2 aromatic rings. The largest absolute Gasteiger partial charge is 0.496 e. The Balaban J connectivity index is 1.45. The number of hydrogen-bond acceptors (Lipinski definition) is 4. The molecule has 0 aliphatic carbocycles. The number of ether oxygens (including phenoxy) is 1. The number of para-hydroxylation sites is 2. The van der Waals surface area contributed by atoms with Crippen LogP contribution in [-0.2, 0) is 9.59 Å². The van der Waals surface area contributed by atoms with E-state index in [1.54, 1.807) is 12.0 Å². The molecule has 164 valence electrons. The normalized spacial score (nSPS) is 20.1. The zero-order chi connectivity index (χ0) is 21.8. The first kappa shape index (κ1) is 21.8. The van der Waals surface area contributed by atoms with E-state index >= 15 is 0 Å². The van der Waals surface area contributed by atoms with E-state index in [4.69, 9.17) is 4.74 Å². The topological polar surface area (TPSA) is 61.9 Å². The van der Waals surface area contributed by atoms with Gasteiger partial charge in [-0.2, -0.15) is 0 Å². The van der Waals surface area contributed by atoms with Crippen molar-refractivity contribution in [2.45, 2.75) is 25.3 Å². The van der Waals surface area contributed by atoms with Crippen molar-refractivity contribution in [3.63, 3.8) is 0 Å². The van der Waals surface area contributed by atoms with Crippen LogP contribution in [0.2, 0.25) is 0 Å². The smallest absolute Gasteiger partial charge is 0.227 e.